The van der Waals surface area contributed by atoms with Gasteiger partial charge in [0.15, 0.2) is 0 Å². The number of aromatic nitrogens is 1. The Hall–Kier alpha value is -1.45. The first kappa shape index (κ1) is 8.64. The van der Waals surface area contributed by atoms with E-state index in [0.717, 1.165) is 0 Å². The smallest absolute Gasteiger partial charge is 0.265 e. The fraction of sp³-hybridized carbons (Fsp3) is 0.250. The summed E-state index contributed by atoms with van der Waals surface area (Å²) in [6.45, 7) is 1.57. The molecule has 0 radical (unpaired) electrons. The second-order valence-electron chi connectivity index (χ2n) is 2.40. The molecule has 0 bridgehead atoms. The predicted octanol–water partition coefficient (Wildman–Crippen LogP) is 1.61. The van der Waals surface area contributed by atoms with E-state index in [0.29, 0.717) is 5.56 Å². The normalized spacial score (nSPS) is 12.2. The quantitative estimate of drug-likeness (QED) is 0.675. The maximum absolute atomic E-state index is 11.5. The summed E-state index contributed by atoms with van der Waals surface area (Å²) in [5, 5.41) is 0. The fourth-order valence-corrected chi connectivity index (χ4v) is 0.855. The van der Waals surface area contributed by atoms with Crippen molar-refractivity contribution in [2.45, 2.75) is 12.8 Å². The van der Waals surface area contributed by atoms with Gasteiger partial charge in [-0.25, -0.2) is 4.79 Å². The van der Waals surface area contributed by atoms with E-state index < -0.39 is 11.9 Å². The Labute approximate surface area is 69.1 Å². The third-order valence-electron chi connectivity index (χ3n) is 1.64. The van der Waals surface area contributed by atoms with Gasteiger partial charge >= 0.3 is 5.97 Å². The highest BCUT2D eigenvalue weighted by Crippen LogP contribution is 2.15. The van der Waals surface area contributed by atoms with E-state index >= 15 is 0 Å². The molecule has 0 spiro atoms. The van der Waals surface area contributed by atoms with Crippen LogP contribution in [0.4, 0.5) is 4.53 Å². The predicted molar refractivity (Wildman–Crippen MR) is 39.9 cm³/mol. The van der Waals surface area contributed by atoms with Gasteiger partial charge in [0.2, 0.25) is 0 Å². The summed E-state index contributed by atoms with van der Waals surface area (Å²) in [7, 11) is 0. The van der Waals surface area contributed by atoms with Gasteiger partial charge in [-0.05, 0) is 24.6 Å². The minimum atomic E-state index is -0.888. The molecule has 0 aliphatic carbocycles. The Bertz CT molecular complexity index is 263. The molecule has 0 aliphatic heterocycles. The van der Waals surface area contributed by atoms with Crippen LogP contribution >= 0.6 is 0 Å². The first-order valence-electron chi connectivity index (χ1n) is 3.48. The van der Waals surface area contributed by atoms with Crippen LogP contribution in [0.1, 0.15) is 18.4 Å². The Morgan fingerprint density at radius 2 is 2.17 bits per heavy atom. The number of nitrogens with zero attached hydrogens (tertiary/aromatic N) is 1. The molecule has 1 atom stereocenters. The Balaban J connectivity index is 2.78. The monoisotopic (exact) mass is 169 g/mol. The van der Waals surface area contributed by atoms with Crippen LogP contribution in [0.3, 0.4) is 0 Å². The van der Waals surface area contributed by atoms with Crippen molar-refractivity contribution in [2.75, 3.05) is 0 Å². The lowest BCUT2D eigenvalue weighted by Crippen LogP contribution is -2.08. The standard InChI is InChI=1S/C8H8FNO2/c1-6(8(11)12-9)7-2-4-10-5-3-7/h2-6H,1H3. The van der Waals surface area contributed by atoms with Gasteiger partial charge in [-0.1, -0.05) is 0 Å². The van der Waals surface area contributed by atoms with Gasteiger partial charge in [-0.3, -0.25) is 9.93 Å². The molecule has 64 valence electrons. The van der Waals surface area contributed by atoms with Crippen LogP contribution in [0, 0.1) is 0 Å². The highest BCUT2D eigenvalue weighted by molar-refractivity contribution is 5.76. The maximum atomic E-state index is 11.5. The molecule has 1 aromatic rings. The molecule has 12 heavy (non-hydrogen) atoms. The van der Waals surface area contributed by atoms with Gasteiger partial charge in [0, 0.05) is 16.9 Å². The fourth-order valence-electron chi connectivity index (χ4n) is 0.855. The summed E-state index contributed by atoms with van der Waals surface area (Å²) in [4.78, 5) is 17.6. The van der Waals surface area contributed by atoms with Gasteiger partial charge in [0.1, 0.15) is 0 Å². The van der Waals surface area contributed by atoms with Crippen LogP contribution in [-0.2, 0) is 9.74 Å². The molecular formula is C8H8FNO2. The molecule has 1 unspecified atom stereocenters. The van der Waals surface area contributed by atoms with E-state index in [9.17, 15) is 9.32 Å². The molecule has 0 aromatic carbocycles. The van der Waals surface area contributed by atoms with Crippen LogP contribution in [0.15, 0.2) is 24.5 Å². The van der Waals surface area contributed by atoms with E-state index in [1.807, 2.05) is 0 Å². The zero-order valence-electron chi connectivity index (χ0n) is 6.53. The molecule has 0 saturated carbocycles. The third kappa shape index (κ3) is 1.78. The number of rotatable bonds is 2. The van der Waals surface area contributed by atoms with Crippen LogP contribution in [0.2, 0.25) is 0 Å². The average molecular weight is 169 g/mol. The minimum absolute atomic E-state index is 0.585. The zero-order valence-corrected chi connectivity index (χ0v) is 6.53. The van der Waals surface area contributed by atoms with Gasteiger partial charge in [0.25, 0.3) is 0 Å². The molecule has 0 saturated heterocycles. The molecule has 1 heterocycles. The first-order chi connectivity index (χ1) is 5.75. The van der Waals surface area contributed by atoms with Crippen LogP contribution in [0.5, 0.6) is 0 Å². The molecule has 3 nitrogen and oxygen atoms in total. The topological polar surface area (TPSA) is 39.2 Å². The number of hydrogen-bond donors (Lipinski definition) is 0. The van der Waals surface area contributed by atoms with Crippen molar-refractivity contribution in [3.63, 3.8) is 0 Å². The van der Waals surface area contributed by atoms with Gasteiger partial charge in [-0.2, -0.15) is 0 Å². The number of halogens is 1. The van der Waals surface area contributed by atoms with Crippen LogP contribution in [0.25, 0.3) is 0 Å². The lowest BCUT2D eigenvalue weighted by atomic mass is 10.0. The number of carbonyl (C=O) groups excluding carboxylic acids is 1. The molecule has 4 heteroatoms. The highest BCUT2D eigenvalue weighted by atomic mass is 19.3. The van der Waals surface area contributed by atoms with Crippen molar-refractivity contribution in [3.8, 4) is 0 Å². The van der Waals surface area contributed by atoms with Gasteiger partial charge < -0.3 is 0 Å². The highest BCUT2D eigenvalue weighted by Gasteiger charge is 2.16. The van der Waals surface area contributed by atoms with Crippen LogP contribution < -0.4 is 0 Å². The van der Waals surface area contributed by atoms with E-state index in [1.165, 1.54) is 12.4 Å². The van der Waals surface area contributed by atoms with Crippen molar-refractivity contribution in [2.24, 2.45) is 0 Å². The van der Waals surface area contributed by atoms with Crippen LogP contribution in [-0.4, -0.2) is 11.0 Å². The second kappa shape index (κ2) is 3.80. The van der Waals surface area contributed by atoms with Gasteiger partial charge in [0.05, 0.1) is 5.92 Å². The Kier molecular flexibility index (Phi) is 2.74. The number of pyridine rings is 1. The van der Waals surface area contributed by atoms with Gasteiger partial charge in [-0.15, -0.1) is 0 Å². The molecule has 0 amide bonds. The average Bonchev–Trinajstić information content (AvgIpc) is 2.17. The molecular weight excluding hydrogens is 161 g/mol. The molecule has 0 fully saturated rings. The first-order valence-corrected chi connectivity index (χ1v) is 3.48. The summed E-state index contributed by atoms with van der Waals surface area (Å²) in [6.07, 6.45) is 3.08. The SMILES string of the molecule is CC(C(=O)OF)c1ccncc1. The summed E-state index contributed by atoms with van der Waals surface area (Å²) in [5.74, 6) is -1.47. The molecule has 1 aromatic heterocycles. The van der Waals surface area contributed by atoms with Crippen molar-refractivity contribution in [1.82, 2.24) is 4.98 Å². The van der Waals surface area contributed by atoms with E-state index in [4.69, 9.17) is 0 Å². The summed E-state index contributed by atoms with van der Waals surface area (Å²) < 4.78 is 11.5. The Morgan fingerprint density at radius 3 is 2.67 bits per heavy atom. The van der Waals surface area contributed by atoms with E-state index in [1.54, 1.807) is 19.1 Å². The molecule has 0 N–H and O–H groups in total. The summed E-state index contributed by atoms with van der Waals surface area (Å²) in [6, 6.07) is 3.28. The van der Waals surface area contributed by atoms with E-state index in [2.05, 4.69) is 9.93 Å². The number of carbonyl (C=O) groups is 1. The minimum Gasteiger partial charge on any atom is -0.265 e. The maximum Gasteiger partial charge on any atom is 0.355 e. The van der Waals surface area contributed by atoms with E-state index in [-0.39, 0.29) is 0 Å². The number of hydrogen-bond acceptors (Lipinski definition) is 3. The molecule has 1 rings (SSSR count). The second-order valence-corrected chi connectivity index (χ2v) is 2.40. The lowest BCUT2D eigenvalue weighted by Gasteiger charge is -2.04. The zero-order chi connectivity index (χ0) is 8.97. The molecule has 0 aliphatic rings. The summed E-state index contributed by atoms with van der Waals surface area (Å²) >= 11 is 0. The van der Waals surface area contributed by atoms with Crippen molar-refractivity contribution >= 4 is 5.97 Å². The van der Waals surface area contributed by atoms with Crippen molar-refractivity contribution in [3.05, 3.63) is 30.1 Å². The Morgan fingerprint density at radius 1 is 1.58 bits per heavy atom. The lowest BCUT2D eigenvalue weighted by molar-refractivity contribution is -0.185. The largest absolute Gasteiger partial charge is 0.355 e. The summed E-state index contributed by atoms with van der Waals surface area (Å²) in [5.41, 5.74) is 0.688. The van der Waals surface area contributed by atoms with Crippen molar-refractivity contribution < 1.29 is 14.3 Å². The third-order valence-corrected chi connectivity index (χ3v) is 1.64. The van der Waals surface area contributed by atoms with Crippen molar-refractivity contribution in [1.29, 1.82) is 0 Å².